The first kappa shape index (κ1) is 13.5. The molecule has 0 saturated carbocycles. The third-order valence-electron chi connectivity index (χ3n) is 2.88. The van der Waals surface area contributed by atoms with Gasteiger partial charge in [-0.1, -0.05) is 0 Å². The van der Waals surface area contributed by atoms with Crippen LogP contribution in [0.15, 0.2) is 12.1 Å². The summed E-state index contributed by atoms with van der Waals surface area (Å²) in [5.74, 6) is 0.572. The average Bonchev–Trinajstić information content (AvgIpc) is 2.39. The quantitative estimate of drug-likeness (QED) is 0.584. The number of aromatic nitrogens is 1. The monoisotopic (exact) mass is 267 g/mol. The molecule has 1 aromatic heterocycles. The normalized spacial score (nSPS) is 16.2. The van der Waals surface area contributed by atoms with Crippen LogP contribution in [0, 0.1) is 10.1 Å². The minimum absolute atomic E-state index is 0.0543. The third kappa shape index (κ3) is 4.04. The van der Waals surface area contributed by atoms with E-state index in [0.29, 0.717) is 12.4 Å². The minimum atomic E-state index is -0.481. The average molecular weight is 267 g/mol. The summed E-state index contributed by atoms with van der Waals surface area (Å²) in [5, 5.41) is 13.7. The van der Waals surface area contributed by atoms with Crippen LogP contribution in [0.2, 0.25) is 0 Å². The van der Waals surface area contributed by atoms with Crippen LogP contribution in [0.1, 0.15) is 0 Å². The number of nitrogens with two attached hydrogens (primary N) is 1. The second-order valence-electron chi connectivity index (χ2n) is 4.27. The maximum absolute atomic E-state index is 10.7. The predicted molar refractivity (Wildman–Crippen MR) is 71.1 cm³/mol. The zero-order chi connectivity index (χ0) is 13.7. The number of nitrogens with one attached hydrogen (secondary N) is 1. The lowest BCUT2D eigenvalue weighted by Crippen LogP contribution is -2.39. The molecule has 8 nitrogen and oxygen atoms in total. The Morgan fingerprint density at radius 3 is 2.89 bits per heavy atom. The van der Waals surface area contributed by atoms with Crippen molar-refractivity contribution in [3.8, 4) is 0 Å². The molecule has 1 aliphatic rings. The standard InChI is InChI=1S/C11H17N5O3/c12-10-7-9(16(17)18)8-11(14-10)13-1-2-15-3-5-19-6-4-15/h7-8H,1-6H2,(H3,12,13,14). The first-order chi connectivity index (χ1) is 9.15. The molecule has 1 aliphatic heterocycles. The molecule has 0 bridgehead atoms. The highest BCUT2D eigenvalue weighted by Gasteiger charge is 2.11. The van der Waals surface area contributed by atoms with Gasteiger partial charge in [-0.3, -0.25) is 15.0 Å². The fourth-order valence-electron chi connectivity index (χ4n) is 1.90. The molecular weight excluding hydrogens is 250 g/mol. The van der Waals surface area contributed by atoms with E-state index in [1.165, 1.54) is 12.1 Å². The van der Waals surface area contributed by atoms with Crippen molar-refractivity contribution >= 4 is 17.3 Å². The van der Waals surface area contributed by atoms with E-state index in [0.717, 1.165) is 32.8 Å². The highest BCUT2D eigenvalue weighted by Crippen LogP contribution is 2.18. The maximum atomic E-state index is 10.7. The lowest BCUT2D eigenvalue weighted by molar-refractivity contribution is -0.384. The van der Waals surface area contributed by atoms with Gasteiger partial charge in [0.2, 0.25) is 0 Å². The summed E-state index contributed by atoms with van der Waals surface area (Å²) < 4.78 is 5.26. The van der Waals surface area contributed by atoms with Crippen LogP contribution in [0.4, 0.5) is 17.3 Å². The molecule has 0 aromatic carbocycles. The van der Waals surface area contributed by atoms with Crippen LogP contribution in [0.3, 0.4) is 0 Å². The van der Waals surface area contributed by atoms with E-state index < -0.39 is 4.92 Å². The maximum Gasteiger partial charge on any atom is 0.276 e. The Labute approximate surface area is 110 Å². The first-order valence-corrected chi connectivity index (χ1v) is 6.11. The van der Waals surface area contributed by atoms with Gasteiger partial charge in [-0.05, 0) is 0 Å². The fourth-order valence-corrected chi connectivity index (χ4v) is 1.90. The van der Waals surface area contributed by atoms with Crippen molar-refractivity contribution < 1.29 is 9.66 Å². The molecule has 104 valence electrons. The molecule has 2 rings (SSSR count). The van der Waals surface area contributed by atoms with Gasteiger partial charge in [0.25, 0.3) is 5.69 Å². The van der Waals surface area contributed by atoms with Crippen LogP contribution in [-0.2, 0) is 4.74 Å². The van der Waals surface area contributed by atoms with Gasteiger partial charge in [0.1, 0.15) is 11.6 Å². The smallest absolute Gasteiger partial charge is 0.276 e. The van der Waals surface area contributed by atoms with Gasteiger partial charge in [-0.2, -0.15) is 0 Å². The largest absolute Gasteiger partial charge is 0.383 e. The molecule has 0 atom stereocenters. The number of nitrogen functional groups attached to an aromatic ring is 1. The number of nitrogens with zero attached hydrogens (tertiary/aromatic N) is 3. The van der Waals surface area contributed by atoms with Crippen molar-refractivity contribution in [2.75, 3.05) is 50.4 Å². The lowest BCUT2D eigenvalue weighted by atomic mass is 10.3. The number of hydrogen-bond donors (Lipinski definition) is 2. The molecule has 0 aliphatic carbocycles. The number of rotatable bonds is 5. The SMILES string of the molecule is Nc1cc([N+](=O)[O-])cc(NCCN2CCOCC2)n1. The van der Waals surface area contributed by atoms with Crippen LogP contribution < -0.4 is 11.1 Å². The number of pyridine rings is 1. The minimum Gasteiger partial charge on any atom is -0.383 e. The van der Waals surface area contributed by atoms with E-state index >= 15 is 0 Å². The summed E-state index contributed by atoms with van der Waals surface area (Å²) in [5.41, 5.74) is 5.47. The van der Waals surface area contributed by atoms with E-state index in [1.54, 1.807) is 0 Å². The Morgan fingerprint density at radius 2 is 2.21 bits per heavy atom. The van der Waals surface area contributed by atoms with Gasteiger partial charge in [-0.25, -0.2) is 4.98 Å². The lowest BCUT2D eigenvalue weighted by Gasteiger charge is -2.26. The zero-order valence-corrected chi connectivity index (χ0v) is 10.5. The number of anilines is 2. The van der Waals surface area contributed by atoms with Gasteiger partial charge in [0, 0.05) is 26.2 Å². The van der Waals surface area contributed by atoms with Gasteiger partial charge in [0.05, 0.1) is 30.3 Å². The molecule has 1 fully saturated rings. The molecule has 0 spiro atoms. The van der Waals surface area contributed by atoms with Crippen LogP contribution in [0.25, 0.3) is 0 Å². The topological polar surface area (TPSA) is 107 Å². The molecule has 1 aromatic rings. The molecule has 2 heterocycles. The summed E-state index contributed by atoms with van der Waals surface area (Å²) >= 11 is 0. The van der Waals surface area contributed by atoms with Gasteiger partial charge >= 0.3 is 0 Å². The second kappa shape index (κ2) is 6.30. The Balaban J connectivity index is 1.86. The number of hydrogen-bond acceptors (Lipinski definition) is 7. The Bertz CT molecular complexity index is 448. The molecule has 1 saturated heterocycles. The predicted octanol–water partition coefficient (Wildman–Crippen LogP) is 0.316. The van der Waals surface area contributed by atoms with Crippen molar-refractivity contribution in [2.24, 2.45) is 0 Å². The van der Waals surface area contributed by atoms with E-state index in [9.17, 15) is 10.1 Å². The highest BCUT2D eigenvalue weighted by atomic mass is 16.6. The van der Waals surface area contributed by atoms with E-state index in [4.69, 9.17) is 10.5 Å². The molecule has 3 N–H and O–H groups in total. The van der Waals surface area contributed by atoms with Crippen molar-refractivity contribution in [1.82, 2.24) is 9.88 Å². The highest BCUT2D eigenvalue weighted by molar-refractivity contribution is 5.52. The molecule has 0 amide bonds. The summed E-state index contributed by atoms with van der Waals surface area (Å²) in [6, 6.07) is 2.63. The molecular formula is C11H17N5O3. The van der Waals surface area contributed by atoms with Crippen molar-refractivity contribution in [3.05, 3.63) is 22.2 Å². The zero-order valence-electron chi connectivity index (χ0n) is 10.5. The van der Waals surface area contributed by atoms with E-state index in [2.05, 4.69) is 15.2 Å². The van der Waals surface area contributed by atoms with Crippen LogP contribution in [0.5, 0.6) is 0 Å². The van der Waals surface area contributed by atoms with Gasteiger partial charge in [-0.15, -0.1) is 0 Å². The summed E-state index contributed by atoms with van der Waals surface area (Å²) in [6.45, 7) is 4.82. The van der Waals surface area contributed by atoms with Crippen LogP contribution in [-0.4, -0.2) is 54.2 Å². The first-order valence-electron chi connectivity index (χ1n) is 6.11. The summed E-state index contributed by atoms with van der Waals surface area (Å²) in [6.07, 6.45) is 0. The van der Waals surface area contributed by atoms with Crippen LogP contribution >= 0.6 is 0 Å². The van der Waals surface area contributed by atoms with Crippen molar-refractivity contribution in [3.63, 3.8) is 0 Å². The van der Waals surface area contributed by atoms with Crippen molar-refractivity contribution in [2.45, 2.75) is 0 Å². The van der Waals surface area contributed by atoms with Crippen molar-refractivity contribution in [1.29, 1.82) is 0 Å². The van der Waals surface area contributed by atoms with Gasteiger partial charge < -0.3 is 15.8 Å². The Kier molecular flexibility index (Phi) is 4.48. The summed E-state index contributed by atoms with van der Waals surface area (Å²) in [7, 11) is 0. The fraction of sp³-hybridized carbons (Fsp3) is 0.545. The molecule has 0 unspecified atom stereocenters. The summed E-state index contributed by atoms with van der Waals surface area (Å²) in [4.78, 5) is 16.5. The number of ether oxygens (including phenoxy) is 1. The number of morpholine rings is 1. The molecule has 0 radical (unpaired) electrons. The van der Waals surface area contributed by atoms with E-state index in [-0.39, 0.29) is 11.5 Å². The molecule has 8 heteroatoms. The second-order valence-corrected chi connectivity index (χ2v) is 4.27. The Hall–Kier alpha value is -1.93. The van der Waals surface area contributed by atoms with Gasteiger partial charge in [0.15, 0.2) is 0 Å². The Morgan fingerprint density at radius 1 is 1.47 bits per heavy atom. The molecule has 19 heavy (non-hydrogen) atoms. The third-order valence-corrected chi connectivity index (χ3v) is 2.88. The number of nitro groups is 1. The van der Waals surface area contributed by atoms with E-state index in [1.807, 2.05) is 0 Å².